The molecule has 562 valence electrons. The van der Waals surface area contributed by atoms with Crippen LogP contribution in [0, 0.1) is 13.8 Å². The molecule has 4 saturated heterocycles. The van der Waals surface area contributed by atoms with Gasteiger partial charge >= 0.3 is 22.5 Å². The largest absolute Gasteiger partial charge is 0.422 e. The van der Waals surface area contributed by atoms with Crippen LogP contribution in [0.1, 0.15) is 17.5 Å². The summed E-state index contributed by atoms with van der Waals surface area (Å²) in [6.45, 7) is 19.2. The molecule has 19 heterocycles. The van der Waals surface area contributed by atoms with Crippen molar-refractivity contribution in [3.8, 4) is 44.3 Å². The molecule has 4 aliphatic heterocycles. The quantitative estimate of drug-likeness (QED) is 0.148. The van der Waals surface area contributed by atoms with Gasteiger partial charge in [0.2, 0.25) is 17.1 Å². The zero-order chi connectivity index (χ0) is 76.0. The van der Waals surface area contributed by atoms with Crippen molar-refractivity contribution >= 4 is 118 Å². The van der Waals surface area contributed by atoms with E-state index in [0.29, 0.717) is 77.6 Å². The molecule has 4 fully saturated rings. The predicted molar refractivity (Wildman–Crippen MR) is 436 cm³/mol. The molecule has 0 saturated carbocycles. The number of imidazole rings is 3. The van der Waals surface area contributed by atoms with E-state index in [9.17, 15) is 19.2 Å². The third-order valence-electron chi connectivity index (χ3n) is 20.5. The predicted octanol–water partition coefficient (Wildman–Crippen LogP) is 11.3. The lowest BCUT2D eigenvalue weighted by Crippen LogP contribution is -2.44. The normalized spacial score (nSPS) is 15.5. The van der Waals surface area contributed by atoms with E-state index in [4.69, 9.17) is 29.3 Å². The van der Waals surface area contributed by atoms with Gasteiger partial charge in [0.15, 0.2) is 0 Å². The van der Waals surface area contributed by atoms with E-state index in [-0.39, 0.29) is 5.63 Å². The van der Waals surface area contributed by atoms with Gasteiger partial charge in [-0.25, -0.2) is 44.1 Å². The number of nitrogens with one attached hydrogen (secondary N) is 1. The van der Waals surface area contributed by atoms with Crippen molar-refractivity contribution in [2.75, 3.05) is 145 Å². The molecule has 27 nitrogen and oxygen atoms in total. The van der Waals surface area contributed by atoms with Gasteiger partial charge in [-0.1, -0.05) is 23.7 Å². The summed E-state index contributed by atoms with van der Waals surface area (Å²) >= 11 is 7.66. The Morgan fingerprint density at radius 1 is 0.405 bits per heavy atom. The SMILES string of the molecule is CN1CCCN(c2ccc3cc(-c4nc5c(Cl)cccc5s4)c(=O)oc3n2)CC1.CN1CCN(c2ccc3cc(-c4cn5ccccc5n4)c(=O)oc3n2)CC1.Cc1ccn2cc(-c3cc4ccc(N5CCN(C)CC5)nc4oc3=O)nc2c1.Cc1ccn2cc(-c3cc4cnc(N5CCNCC5)cc4oc3=O)nc2c1. The summed E-state index contributed by atoms with van der Waals surface area (Å²) in [5.41, 5.74) is 8.87. The molecule has 1 N–H and O–H groups in total. The maximum Gasteiger partial charge on any atom is 0.347 e. The number of halogens is 1. The number of thiazole rings is 1. The fraction of sp³-hybridized carbons (Fsp3) is 0.268. The summed E-state index contributed by atoms with van der Waals surface area (Å²) in [5, 5.41) is 7.64. The first-order chi connectivity index (χ1) is 54.0. The molecule has 0 unspecified atom stereocenters. The van der Waals surface area contributed by atoms with Crippen LogP contribution in [0.3, 0.4) is 0 Å². The lowest BCUT2D eigenvalue weighted by Gasteiger charge is -2.33. The molecule has 15 aromatic heterocycles. The molecule has 111 heavy (non-hydrogen) atoms. The number of rotatable bonds is 8. The van der Waals surface area contributed by atoms with Crippen LogP contribution in [-0.4, -0.2) is 194 Å². The number of hydrogen-bond acceptors (Lipinski definition) is 25. The Bertz CT molecular complexity index is 6410. The van der Waals surface area contributed by atoms with Crippen LogP contribution in [0.5, 0.6) is 0 Å². The number of likely N-dealkylation sites (N-methyl/N-ethyl adjacent to an activating group) is 3. The zero-order valence-electron chi connectivity index (χ0n) is 61.8. The van der Waals surface area contributed by atoms with Gasteiger partial charge in [-0.05, 0) is 168 Å². The molecule has 0 radical (unpaired) electrons. The number of pyridine rings is 7. The fourth-order valence-corrected chi connectivity index (χ4v) is 15.4. The third-order valence-corrected chi connectivity index (χ3v) is 21.9. The van der Waals surface area contributed by atoms with E-state index in [1.807, 2.05) is 179 Å². The van der Waals surface area contributed by atoms with Gasteiger partial charge in [0.1, 0.15) is 56.3 Å². The van der Waals surface area contributed by atoms with Gasteiger partial charge in [0.25, 0.3) is 0 Å². The number of aromatic nitrogens is 11. The minimum atomic E-state index is -0.437. The number of nitrogens with zero attached hydrogens (tertiary/aromatic N) is 18. The van der Waals surface area contributed by atoms with Gasteiger partial charge in [0, 0.05) is 169 Å². The van der Waals surface area contributed by atoms with Gasteiger partial charge in [-0.2, -0.15) is 15.0 Å². The van der Waals surface area contributed by atoms with Crippen molar-refractivity contribution in [1.29, 1.82) is 0 Å². The Morgan fingerprint density at radius 2 is 0.865 bits per heavy atom. The number of piperazine rings is 3. The smallest absolute Gasteiger partial charge is 0.347 e. The summed E-state index contributed by atoms with van der Waals surface area (Å²) in [6.07, 6.45) is 14.1. The summed E-state index contributed by atoms with van der Waals surface area (Å²) in [6, 6.07) is 40.2. The average molecular weight is 1530 g/mol. The highest BCUT2D eigenvalue weighted by atomic mass is 35.5. The highest BCUT2D eigenvalue weighted by molar-refractivity contribution is 7.21. The monoisotopic (exact) mass is 1520 g/mol. The Labute approximate surface area is 643 Å². The molecular formula is C82H78ClN19O8S. The van der Waals surface area contributed by atoms with Crippen LogP contribution in [0.4, 0.5) is 23.3 Å². The second-order valence-corrected chi connectivity index (χ2v) is 29.9. The minimum Gasteiger partial charge on any atom is -0.422 e. The lowest BCUT2D eigenvalue weighted by molar-refractivity contribution is 0.312. The summed E-state index contributed by atoms with van der Waals surface area (Å²) in [5.74, 6) is 3.37. The molecule has 0 spiro atoms. The second kappa shape index (κ2) is 30.8. The lowest BCUT2D eigenvalue weighted by atomic mass is 10.2. The molecule has 0 atom stereocenters. The van der Waals surface area contributed by atoms with E-state index in [0.717, 1.165) is 189 Å². The van der Waals surface area contributed by atoms with Crippen LogP contribution in [-0.2, 0) is 0 Å². The number of para-hydroxylation sites is 1. The number of aryl methyl sites for hydroxylation is 2. The Morgan fingerprint density at radius 3 is 1.39 bits per heavy atom. The highest BCUT2D eigenvalue weighted by Crippen LogP contribution is 2.35. The van der Waals surface area contributed by atoms with Crippen LogP contribution in [0.25, 0.3) is 116 Å². The van der Waals surface area contributed by atoms with E-state index in [1.165, 1.54) is 11.3 Å². The van der Waals surface area contributed by atoms with Crippen molar-refractivity contribution in [2.45, 2.75) is 20.3 Å². The molecular weight excluding hydrogens is 1450 g/mol. The maximum atomic E-state index is 12.7. The maximum absolute atomic E-state index is 12.7. The van der Waals surface area contributed by atoms with Gasteiger partial charge < -0.3 is 70.5 Å². The summed E-state index contributed by atoms with van der Waals surface area (Å²) < 4.78 is 28.9. The molecule has 29 heteroatoms. The second-order valence-electron chi connectivity index (χ2n) is 28.4. The first kappa shape index (κ1) is 71.8. The molecule has 0 bridgehead atoms. The number of benzene rings is 1. The highest BCUT2D eigenvalue weighted by Gasteiger charge is 2.24. The average Bonchev–Trinajstić information content (AvgIpc) is 1.76. The Hall–Kier alpha value is -12.1. The fourth-order valence-electron chi connectivity index (χ4n) is 14.1. The minimum absolute atomic E-state index is 0.355. The van der Waals surface area contributed by atoms with E-state index >= 15 is 0 Å². The van der Waals surface area contributed by atoms with Gasteiger partial charge in [0.05, 0.1) is 49.1 Å². The van der Waals surface area contributed by atoms with Crippen LogP contribution < -0.4 is 47.4 Å². The topological polar surface area (TPSA) is 272 Å². The molecule has 16 aromatic rings. The Balaban J connectivity index is 0.000000108. The van der Waals surface area contributed by atoms with Gasteiger partial charge in [-0.15, -0.1) is 11.3 Å². The molecule has 0 aliphatic carbocycles. The van der Waals surface area contributed by atoms with E-state index in [1.54, 1.807) is 18.3 Å². The van der Waals surface area contributed by atoms with Crippen molar-refractivity contribution in [3.63, 3.8) is 0 Å². The molecule has 20 rings (SSSR count). The van der Waals surface area contributed by atoms with E-state index in [2.05, 4.69) is 101 Å². The van der Waals surface area contributed by atoms with Crippen LogP contribution in [0.15, 0.2) is 208 Å². The molecule has 1 aromatic carbocycles. The van der Waals surface area contributed by atoms with Crippen molar-refractivity contribution in [2.24, 2.45) is 0 Å². The Kier molecular flexibility index (Phi) is 19.9. The zero-order valence-corrected chi connectivity index (χ0v) is 63.4. The summed E-state index contributed by atoms with van der Waals surface area (Å²) in [4.78, 5) is 103. The standard InChI is InChI=1S/C21H19ClN4O2S.C21H21N5O2.2C20H19N5O2/c1-25-8-3-9-26(11-10-25)17-7-6-13-12-14(21(27)28-19(13)23-17)20-24-18-15(22)4-2-5-16(18)29-20;1-14-5-6-26-13-17(22-19(26)11-14)16-12-15-3-4-18(23-20(15)28-21(16)27)25-9-7-24(2)8-10-25;1-13-2-5-25-12-16(23-19(25)8-13)15-9-14-11-22-18(10-17(14)27-20(15)26)24-6-3-21-4-7-24;1-23-8-10-24(11-9-23)18-6-5-14-12-15(20(26)27-19(14)22-18)16-13-25-7-3-2-4-17(25)21-16/h2,4-7,12H,3,8-11H2,1H3;3-6,11-13H,7-10H2,1-2H3;2,5,8-12,21H,3-4,6-7H2,1H3;2-7,12-13H,8-11H2,1H3. The first-order valence-electron chi connectivity index (χ1n) is 37.0. The van der Waals surface area contributed by atoms with Crippen molar-refractivity contribution in [3.05, 3.63) is 229 Å². The van der Waals surface area contributed by atoms with Crippen molar-refractivity contribution < 1.29 is 17.7 Å². The number of anilines is 4. The summed E-state index contributed by atoms with van der Waals surface area (Å²) in [7, 11) is 6.37. The van der Waals surface area contributed by atoms with Crippen LogP contribution >= 0.6 is 22.9 Å². The first-order valence-corrected chi connectivity index (χ1v) is 38.1. The number of fused-ring (bicyclic) bond motifs is 8. The van der Waals surface area contributed by atoms with Crippen molar-refractivity contribution in [1.82, 2.24) is 73.1 Å². The third kappa shape index (κ3) is 15.4. The van der Waals surface area contributed by atoms with E-state index < -0.39 is 16.9 Å². The molecule has 4 aliphatic rings. The van der Waals surface area contributed by atoms with Crippen LogP contribution in [0.2, 0.25) is 5.02 Å². The van der Waals surface area contributed by atoms with Gasteiger partial charge in [-0.3, -0.25) is 0 Å². The molecule has 0 amide bonds. The number of hydrogen-bond donors (Lipinski definition) is 1.